The van der Waals surface area contributed by atoms with Gasteiger partial charge in [0, 0.05) is 81.8 Å². The van der Waals surface area contributed by atoms with Gasteiger partial charge in [-0.1, -0.05) is 164 Å². The third-order valence-corrected chi connectivity index (χ3v) is 16.6. The van der Waals surface area contributed by atoms with E-state index in [9.17, 15) is 0 Å². The third kappa shape index (κ3) is 4.82. The Morgan fingerprint density at radius 1 is 0.270 bits per heavy atom. The number of fused-ring (bicyclic) bond motifs is 19. The Morgan fingerprint density at radius 3 is 1.46 bits per heavy atom. The molecule has 0 saturated heterocycles. The molecule has 0 unspecified atom stereocenters. The van der Waals surface area contributed by atoms with Gasteiger partial charge in [-0.05, 0) is 94.7 Å². The summed E-state index contributed by atoms with van der Waals surface area (Å²) in [5.74, 6) is 0. The van der Waals surface area contributed by atoms with Crippen molar-refractivity contribution in [1.29, 1.82) is 0 Å². The maximum Gasteiger partial charge on any atom is 0.146 e. The highest BCUT2D eigenvalue weighted by molar-refractivity contribution is 6.31. The van der Waals surface area contributed by atoms with E-state index in [1.807, 2.05) is 0 Å². The van der Waals surface area contributed by atoms with Gasteiger partial charge in [-0.3, -0.25) is 4.40 Å². The number of benzene rings is 11. The Morgan fingerprint density at radius 2 is 0.770 bits per heavy atom. The van der Waals surface area contributed by atoms with Crippen LogP contribution in [0.4, 0.5) is 0 Å². The minimum absolute atomic E-state index is 0.982. The molecule has 0 aliphatic heterocycles. The summed E-state index contributed by atoms with van der Waals surface area (Å²) >= 11 is 0. The van der Waals surface area contributed by atoms with Crippen LogP contribution in [0.15, 0.2) is 237 Å². The molecular formula is C69H39N5. The smallest absolute Gasteiger partial charge is 0.146 e. The van der Waals surface area contributed by atoms with E-state index in [1.54, 1.807) is 0 Å². The van der Waals surface area contributed by atoms with Gasteiger partial charge in [0.15, 0.2) is 0 Å². The number of hydrogen-bond acceptors (Lipinski definition) is 1. The summed E-state index contributed by atoms with van der Waals surface area (Å²) in [5.41, 5.74) is 19.9. The van der Waals surface area contributed by atoms with Gasteiger partial charge in [0.05, 0.1) is 55.2 Å². The fraction of sp³-hybridized carbons (Fsp3) is 0. The zero-order valence-corrected chi connectivity index (χ0v) is 39.8. The molecular weight excluding hydrogens is 899 g/mol. The van der Waals surface area contributed by atoms with Gasteiger partial charge in [-0.15, -0.1) is 0 Å². The van der Waals surface area contributed by atoms with Crippen LogP contribution in [0.25, 0.3) is 164 Å². The highest BCUT2D eigenvalue weighted by Gasteiger charge is 2.27. The van der Waals surface area contributed by atoms with Crippen LogP contribution in [0, 0.1) is 0 Å². The zero-order valence-electron chi connectivity index (χ0n) is 39.8. The lowest BCUT2D eigenvalue weighted by molar-refractivity contribution is 1.18. The zero-order chi connectivity index (χ0) is 47.9. The first kappa shape index (κ1) is 38.7. The molecule has 0 aliphatic carbocycles. The summed E-state index contributed by atoms with van der Waals surface area (Å²) in [6.45, 7) is 0. The molecule has 0 saturated carbocycles. The number of rotatable bonds is 4. The SMILES string of the molecule is c1ccc(-n2c3ccccc3c3cc(-c4cccc5c6cccc7c8nc9c(cc8n(c45)c67)c4cccc5c6cc7ccccc7c(-c7ccc8c(c7)c7ccccc7n8-c7ccccc7)c6n9c45)ccc32)cc1. The lowest BCUT2D eigenvalue weighted by Crippen LogP contribution is -1.93. The Balaban J connectivity index is 0.926. The average molecular weight is 938 g/mol. The van der Waals surface area contributed by atoms with Crippen molar-refractivity contribution in [3.8, 4) is 33.6 Å². The van der Waals surface area contributed by atoms with Crippen molar-refractivity contribution in [1.82, 2.24) is 22.9 Å². The summed E-state index contributed by atoms with van der Waals surface area (Å²) in [7, 11) is 0. The largest absolute Gasteiger partial charge is 0.309 e. The topological polar surface area (TPSA) is 31.6 Å². The van der Waals surface area contributed by atoms with E-state index in [4.69, 9.17) is 4.98 Å². The van der Waals surface area contributed by atoms with Gasteiger partial charge in [-0.2, -0.15) is 0 Å². The van der Waals surface area contributed by atoms with Crippen LogP contribution in [0.5, 0.6) is 0 Å². The molecule has 0 spiro atoms. The maximum atomic E-state index is 5.90. The molecule has 0 fully saturated rings. The van der Waals surface area contributed by atoms with Gasteiger partial charge >= 0.3 is 0 Å². The van der Waals surface area contributed by atoms with Crippen molar-refractivity contribution in [3.05, 3.63) is 237 Å². The molecule has 0 amide bonds. The third-order valence-electron chi connectivity index (χ3n) is 16.6. The Labute approximate surface area is 421 Å². The predicted octanol–water partition coefficient (Wildman–Crippen LogP) is 18.1. The van der Waals surface area contributed by atoms with E-state index in [2.05, 4.69) is 255 Å². The van der Waals surface area contributed by atoms with E-state index in [-0.39, 0.29) is 0 Å². The Bertz CT molecular complexity index is 5420. The number of hydrogen-bond donors (Lipinski definition) is 0. The number of aromatic nitrogens is 5. The summed E-state index contributed by atoms with van der Waals surface area (Å²) in [6.07, 6.45) is 0. The van der Waals surface area contributed by atoms with E-state index >= 15 is 0 Å². The van der Waals surface area contributed by atoms with E-state index < -0.39 is 0 Å². The summed E-state index contributed by atoms with van der Waals surface area (Å²) in [5, 5.41) is 15.9. The molecule has 11 aromatic carbocycles. The fourth-order valence-electron chi connectivity index (χ4n) is 13.6. The van der Waals surface area contributed by atoms with Crippen molar-refractivity contribution in [2.45, 2.75) is 0 Å². The van der Waals surface area contributed by atoms with Crippen molar-refractivity contribution in [3.63, 3.8) is 0 Å². The first-order chi connectivity index (χ1) is 36.7. The van der Waals surface area contributed by atoms with Gasteiger partial charge in [0.1, 0.15) is 5.65 Å². The lowest BCUT2D eigenvalue weighted by atomic mass is 9.93. The summed E-state index contributed by atoms with van der Waals surface area (Å²) in [6, 6.07) is 87.5. The Kier molecular flexibility index (Phi) is 7.28. The normalized spacial score (nSPS) is 12.6. The molecule has 340 valence electrons. The van der Waals surface area contributed by atoms with Crippen molar-refractivity contribution in [2.75, 3.05) is 0 Å². The van der Waals surface area contributed by atoms with Crippen molar-refractivity contribution < 1.29 is 0 Å². The van der Waals surface area contributed by atoms with Crippen LogP contribution in [0.2, 0.25) is 0 Å². The summed E-state index contributed by atoms with van der Waals surface area (Å²) in [4.78, 5) is 5.90. The molecule has 18 aromatic rings. The lowest BCUT2D eigenvalue weighted by Gasteiger charge is -2.12. The van der Waals surface area contributed by atoms with Crippen LogP contribution in [0.1, 0.15) is 0 Å². The minimum Gasteiger partial charge on any atom is -0.309 e. The second kappa shape index (κ2) is 13.9. The molecule has 74 heavy (non-hydrogen) atoms. The molecule has 18 rings (SSSR count). The minimum atomic E-state index is 0.982. The number of para-hydroxylation sites is 7. The van der Waals surface area contributed by atoms with E-state index in [0.717, 1.165) is 33.4 Å². The van der Waals surface area contributed by atoms with Crippen LogP contribution >= 0.6 is 0 Å². The van der Waals surface area contributed by atoms with Crippen LogP contribution in [-0.2, 0) is 0 Å². The van der Waals surface area contributed by atoms with Crippen molar-refractivity contribution >= 4 is 131 Å². The molecule has 7 heterocycles. The van der Waals surface area contributed by atoms with Gasteiger partial charge in [-0.25, -0.2) is 4.98 Å². The highest BCUT2D eigenvalue weighted by Crippen LogP contribution is 2.49. The molecule has 5 nitrogen and oxygen atoms in total. The second-order valence-corrected chi connectivity index (χ2v) is 20.2. The van der Waals surface area contributed by atoms with Gasteiger partial charge < -0.3 is 13.5 Å². The van der Waals surface area contributed by atoms with E-state index in [0.29, 0.717) is 0 Å². The average Bonchev–Trinajstić information content (AvgIpc) is 4.30. The second-order valence-electron chi connectivity index (χ2n) is 20.2. The number of pyridine rings is 1. The fourth-order valence-corrected chi connectivity index (χ4v) is 13.6. The van der Waals surface area contributed by atoms with Crippen LogP contribution in [-0.4, -0.2) is 22.9 Å². The molecule has 0 aliphatic rings. The number of nitrogens with zero attached hydrogens (tertiary/aromatic N) is 5. The quantitative estimate of drug-likeness (QED) is 0.173. The van der Waals surface area contributed by atoms with Crippen LogP contribution < -0.4 is 0 Å². The standard InChI is InChI=1S/C69H39N5/c1-3-17-43(18-4-1)71-58-30-11-9-22-47(58)54-36-41(32-34-60(54)71)46-24-13-25-49-50-26-15-29-53-64-62(73(65(46)49)67(50)53)39-57-52-28-14-27-51-56-37-40-16-7-8-21-45(40)63(68(56)74(66(51)52)69(57)70-64)42-33-35-61-55(38-42)48-23-10-12-31-59(48)72(61)44-19-5-2-6-20-44/h1-39H. The molecule has 0 atom stereocenters. The predicted molar refractivity (Wildman–Crippen MR) is 311 cm³/mol. The highest BCUT2D eigenvalue weighted by atomic mass is 15.0. The molecule has 0 radical (unpaired) electrons. The van der Waals surface area contributed by atoms with Gasteiger partial charge in [0.2, 0.25) is 0 Å². The monoisotopic (exact) mass is 937 g/mol. The Hall–Kier alpha value is -9.97. The molecule has 5 heteroatoms. The molecule has 0 N–H and O–H groups in total. The first-order valence-corrected chi connectivity index (χ1v) is 25.5. The van der Waals surface area contributed by atoms with Crippen LogP contribution in [0.3, 0.4) is 0 Å². The molecule has 0 bridgehead atoms. The van der Waals surface area contributed by atoms with Gasteiger partial charge in [0.25, 0.3) is 0 Å². The van der Waals surface area contributed by atoms with E-state index in [1.165, 1.54) is 131 Å². The first-order valence-electron chi connectivity index (χ1n) is 25.5. The van der Waals surface area contributed by atoms with Crippen molar-refractivity contribution in [2.24, 2.45) is 0 Å². The summed E-state index contributed by atoms with van der Waals surface area (Å²) < 4.78 is 9.83. The maximum absolute atomic E-state index is 5.90. The molecule has 7 aromatic heterocycles.